The zero-order valence-electron chi connectivity index (χ0n) is 10.8. The van der Waals surface area contributed by atoms with E-state index < -0.39 is 0 Å². The molecule has 0 radical (unpaired) electrons. The maximum atomic E-state index is 12.2. The minimum absolute atomic E-state index is 0.0665. The van der Waals surface area contributed by atoms with E-state index >= 15 is 0 Å². The van der Waals surface area contributed by atoms with Gasteiger partial charge in [0.2, 0.25) is 5.91 Å². The summed E-state index contributed by atoms with van der Waals surface area (Å²) in [7, 11) is 0. The zero-order valence-corrected chi connectivity index (χ0v) is 12.4. The molecule has 2 heterocycles. The number of carbonyl (C=O) groups excluding carboxylic acids is 2. The van der Waals surface area contributed by atoms with E-state index in [2.05, 4.69) is 0 Å². The highest BCUT2D eigenvalue weighted by Crippen LogP contribution is 2.45. The molecule has 0 aliphatic carbocycles. The van der Waals surface area contributed by atoms with E-state index in [-0.39, 0.29) is 23.0 Å². The van der Waals surface area contributed by atoms with Gasteiger partial charge < -0.3 is 9.64 Å². The van der Waals surface area contributed by atoms with Gasteiger partial charge in [0.15, 0.2) is 0 Å². The first-order valence-electron chi connectivity index (χ1n) is 6.08. The zero-order chi connectivity index (χ0) is 13.3. The Hall–Kier alpha value is -0.620. The van der Waals surface area contributed by atoms with Gasteiger partial charge in [0, 0.05) is 12.3 Å². The summed E-state index contributed by atoms with van der Waals surface area (Å²) in [6, 6.07) is 0. The second kappa shape index (κ2) is 5.57. The lowest BCUT2D eigenvalue weighted by Crippen LogP contribution is -2.35. The molecule has 6 heteroatoms. The van der Waals surface area contributed by atoms with E-state index in [0.29, 0.717) is 18.1 Å². The quantitative estimate of drug-likeness (QED) is 0.744. The van der Waals surface area contributed by atoms with Crippen molar-refractivity contribution in [1.82, 2.24) is 4.90 Å². The average molecular weight is 287 g/mol. The van der Waals surface area contributed by atoms with Crippen molar-refractivity contribution in [3.63, 3.8) is 0 Å². The number of hydrogen-bond donors (Lipinski definition) is 0. The summed E-state index contributed by atoms with van der Waals surface area (Å²) in [4.78, 5) is 26.4. The number of esters is 1. The Balaban J connectivity index is 2.29. The van der Waals surface area contributed by atoms with Crippen LogP contribution in [-0.4, -0.2) is 40.9 Å². The van der Waals surface area contributed by atoms with Crippen LogP contribution in [0.15, 0.2) is 9.93 Å². The van der Waals surface area contributed by atoms with Crippen LogP contribution in [0.5, 0.6) is 0 Å². The van der Waals surface area contributed by atoms with Crippen LogP contribution in [0.4, 0.5) is 0 Å². The number of carbonyl (C=O) groups is 2. The first-order valence-corrected chi connectivity index (χ1v) is 7.95. The van der Waals surface area contributed by atoms with Crippen LogP contribution in [0.25, 0.3) is 0 Å². The van der Waals surface area contributed by atoms with Crippen molar-refractivity contribution >= 4 is 35.4 Å². The number of ether oxygens (including phenoxy) is 1. The van der Waals surface area contributed by atoms with Gasteiger partial charge in [-0.15, -0.1) is 11.8 Å². The van der Waals surface area contributed by atoms with Gasteiger partial charge >= 0.3 is 5.97 Å². The fourth-order valence-corrected chi connectivity index (χ4v) is 4.39. The van der Waals surface area contributed by atoms with Crippen molar-refractivity contribution in [2.75, 3.05) is 18.9 Å². The Morgan fingerprint density at radius 1 is 1.56 bits per heavy atom. The lowest BCUT2D eigenvalue weighted by Gasteiger charge is -2.24. The predicted octanol–water partition coefficient (Wildman–Crippen LogP) is 2.07. The third-order valence-electron chi connectivity index (χ3n) is 2.82. The normalized spacial score (nSPS) is 23.7. The minimum atomic E-state index is -0.299. The van der Waals surface area contributed by atoms with Crippen LogP contribution in [0.2, 0.25) is 0 Å². The van der Waals surface area contributed by atoms with Crippen molar-refractivity contribution in [1.29, 1.82) is 0 Å². The average Bonchev–Trinajstić information content (AvgIpc) is 2.67. The second-order valence-electron chi connectivity index (χ2n) is 4.48. The lowest BCUT2D eigenvalue weighted by atomic mass is 10.1. The fourth-order valence-electron chi connectivity index (χ4n) is 1.94. The highest BCUT2D eigenvalue weighted by atomic mass is 32.2. The Kier molecular flexibility index (Phi) is 4.27. The topological polar surface area (TPSA) is 46.6 Å². The molecule has 18 heavy (non-hydrogen) atoms. The van der Waals surface area contributed by atoms with Crippen molar-refractivity contribution in [3.05, 3.63) is 9.93 Å². The van der Waals surface area contributed by atoms with Crippen LogP contribution < -0.4 is 0 Å². The van der Waals surface area contributed by atoms with Gasteiger partial charge in [-0.05, 0) is 12.8 Å². The first kappa shape index (κ1) is 13.8. The number of rotatable bonds is 3. The molecule has 1 fully saturated rings. The maximum absolute atomic E-state index is 12.2. The molecule has 100 valence electrons. The van der Waals surface area contributed by atoms with Crippen molar-refractivity contribution in [2.24, 2.45) is 5.92 Å². The molecule has 0 N–H and O–H groups in total. The summed E-state index contributed by atoms with van der Waals surface area (Å²) in [5.41, 5.74) is 0. The largest absolute Gasteiger partial charge is 0.462 e. The first-order chi connectivity index (χ1) is 8.56. The van der Waals surface area contributed by atoms with Crippen LogP contribution in [0.1, 0.15) is 20.8 Å². The highest BCUT2D eigenvalue weighted by Gasteiger charge is 2.42. The SMILES string of the molecule is CCOC(=O)C1=C2SC(C(C)C)C(=O)N2CCS1. The maximum Gasteiger partial charge on any atom is 0.347 e. The summed E-state index contributed by atoms with van der Waals surface area (Å²) in [5, 5.41) is 0.733. The molecule has 2 rings (SSSR count). The molecule has 1 amide bonds. The molecule has 2 aliphatic rings. The lowest BCUT2D eigenvalue weighted by molar-refractivity contribution is -0.137. The Morgan fingerprint density at radius 2 is 2.28 bits per heavy atom. The summed E-state index contributed by atoms with van der Waals surface area (Å²) >= 11 is 3.00. The van der Waals surface area contributed by atoms with E-state index in [1.807, 2.05) is 13.8 Å². The van der Waals surface area contributed by atoms with Crippen LogP contribution >= 0.6 is 23.5 Å². The Labute approximate surface area is 115 Å². The molecule has 0 aromatic rings. The van der Waals surface area contributed by atoms with Gasteiger partial charge in [0.25, 0.3) is 0 Å². The molecule has 0 aromatic carbocycles. The molecule has 0 bridgehead atoms. The van der Waals surface area contributed by atoms with Gasteiger partial charge in [-0.3, -0.25) is 4.79 Å². The Bertz CT molecular complexity index is 406. The molecule has 2 aliphatic heterocycles. The number of hydrogen-bond acceptors (Lipinski definition) is 5. The van der Waals surface area contributed by atoms with E-state index in [1.54, 1.807) is 11.8 Å². The number of fused-ring (bicyclic) bond motifs is 1. The van der Waals surface area contributed by atoms with Crippen molar-refractivity contribution < 1.29 is 14.3 Å². The third kappa shape index (κ3) is 2.40. The third-order valence-corrected chi connectivity index (χ3v) is 5.63. The number of amides is 1. The number of nitrogens with zero attached hydrogens (tertiary/aromatic N) is 1. The molecule has 0 spiro atoms. The van der Waals surface area contributed by atoms with Crippen LogP contribution in [-0.2, 0) is 14.3 Å². The summed E-state index contributed by atoms with van der Waals surface area (Å²) in [6.07, 6.45) is 0. The molecule has 1 atom stereocenters. The smallest absolute Gasteiger partial charge is 0.347 e. The van der Waals surface area contributed by atoms with E-state index in [1.165, 1.54) is 23.5 Å². The molecule has 4 nitrogen and oxygen atoms in total. The molecule has 0 saturated carbocycles. The van der Waals surface area contributed by atoms with Crippen LogP contribution in [0, 0.1) is 5.92 Å². The van der Waals surface area contributed by atoms with Gasteiger partial charge in [-0.25, -0.2) is 4.79 Å². The van der Waals surface area contributed by atoms with E-state index in [4.69, 9.17) is 4.74 Å². The van der Waals surface area contributed by atoms with Crippen LogP contribution in [0.3, 0.4) is 0 Å². The monoisotopic (exact) mass is 287 g/mol. The molecular formula is C12H17NO3S2. The molecule has 0 aromatic heterocycles. The second-order valence-corrected chi connectivity index (χ2v) is 6.71. The standard InChI is InChI=1S/C12H17NO3S2/c1-4-16-12(15)9-11-13(5-6-17-9)10(14)8(18-11)7(2)3/h7-8H,4-6H2,1-3H3. The van der Waals surface area contributed by atoms with E-state index in [0.717, 1.165) is 10.8 Å². The summed E-state index contributed by atoms with van der Waals surface area (Å²) in [5.74, 6) is 0.863. The fraction of sp³-hybridized carbons (Fsp3) is 0.667. The molecule has 1 saturated heterocycles. The van der Waals surface area contributed by atoms with Gasteiger partial charge in [0.05, 0.1) is 16.9 Å². The number of thioether (sulfide) groups is 2. The van der Waals surface area contributed by atoms with Crippen molar-refractivity contribution in [3.8, 4) is 0 Å². The summed E-state index contributed by atoms with van der Waals surface area (Å²) < 4.78 is 5.05. The van der Waals surface area contributed by atoms with Gasteiger partial charge in [-0.2, -0.15) is 0 Å². The Morgan fingerprint density at radius 3 is 2.89 bits per heavy atom. The van der Waals surface area contributed by atoms with Gasteiger partial charge in [-0.1, -0.05) is 25.6 Å². The predicted molar refractivity (Wildman–Crippen MR) is 74.0 cm³/mol. The highest BCUT2D eigenvalue weighted by molar-refractivity contribution is 8.08. The minimum Gasteiger partial charge on any atom is -0.462 e. The molecular weight excluding hydrogens is 270 g/mol. The van der Waals surface area contributed by atoms with Crippen molar-refractivity contribution in [2.45, 2.75) is 26.0 Å². The molecule has 1 unspecified atom stereocenters. The summed E-state index contributed by atoms with van der Waals surface area (Å²) in [6.45, 7) is 6.91. The van der Waals surface area contributed by atoms with Gasteiger partial charge in [0.1, 0.15) is 4.91 Å². The van der Waals surface area contributed by atoms with E-state index in [9.17, 15) is 9.59 Å².